The Hall–Kier alpha value is -0.160. The molecule has 3 N–H and O–H groups in total. The van der Waals surface area contributed by atoms with Crippen molar-refractivity contribution in [2.45, 2.75) is 57.7 Å². The molecule has 0 aromatic carbocycles. The van der Waals surface area contributed by atoms with Gasteiger partial charge in [-0.25, -0.2) is 0 Å². The number of unbranched alkanes of at least 4 members (excludes halogenated alkanes) is 5. The average Bonchev–Trinajstić information content (AvgIpc) is 2.31. The van der Waals surface area contributed by atoms with E-state index in [4.69, 9.17) is 14.9 Å². The van der Waals surface area contributed by atoms with Crippen molar-refractivity contribution in [2.75, 3.05) is 19.8 Å². The number of rotatable bonds is 11. The Bertz CT molecular complexity index is 141. The molecule has 98 valence electrons. The first-order valence-corrected chi connectivity index (χ1v) is 6.27. The monoisotopic (exact) mass is 234 g/mol. The molecular weight excluding hydrogens is 208 g/mol. The zero-order valence-corrected chi connectivity index (χ0v) is 10.3. The predicted molar refractivity (Wildman–Crippen MR) is 63.3 cm³/mol. The molecule has 4 heteroatoms. The summed E-state index contributed by atoms with van der Waals surface area (Å²) in [5, 5.41) is 26.9. The molecule has 0 spiro atoms. The van der Waals surface area contributed by atoms with E-state index in [1.807, 2.05) is 0 Å². The third kappa shape index (κ3) is 9.09. The molecule has 0 bridgehead atoms. The van der Waals surface area contributed by atoms with Gasteiger partial charge in [0.05, 0.1) is 13.2 Å². The molecule has 0 aliphatic carbocycles. The van der Waals surface area contributed by atoms with E-state index in [9.17, 15) is 5.11 Å². The van der Waals surface area contributed by atoms with Crippen LogP contribution in [-0.2, 0) is 4.74 Å². The van der Waals surface area contributed by atoms with Gasteiger partial charge < -0.3 is 20.1 Å². The van der Waals surface area contributed by atoms with Crippen molar-refractivity contribution in [2.24, 2.45) is 0 Å². The first-order valence-electron chi connectivity index (χ1n) is 6.27. The lowest BCUT2D eigenvalue weighted by Gasteiger charge is -2.15. The highest BCUT2D eigenvalue weighted by Crippen LogP contribution is 2.05. The number of hydrogen-bond donors (Lipinski definition) is 3. The van der Waals surface area contributed by atoms with E-state index in [0.29, 0.717) is 6.61 Å². The number of hydrogen-bond acceptors (Lipinski definition) is 4. The van der Waals surface area contributed by atoms with Gasteiger partial charge >= 0.3 is 0 Å². The lowest BCUT2D eigenvalue weighted by Crippen LogP contribution is -2.33. The smallest absolute Gasteiger partial charge is 0.105 e. The summed E-state index contributed by atoms with van der Waals surface area (Å²) in [6.07, 6.45) is 5.13. The summed E-state index contributed by atoms with van der Waals surface area (Å²) in [5.74, 6) is 0. The van der Waals surface area contributed by atoms with Crippen LogP contribution in [0.2, 0.25) is 0 Å². The molecule has 0 aliphatic rings. The maximum absolute atomic E-state index is 9.26. The van der Waals surface area contributed by atoms with Crippen molar-refractivity contribution >= 4 is 0 Å². The Balaban J connectivity index is 3.14. The van der Waals surface area contributed by atoms with Crippen molar-refractivity contribution in [3.8, 4) is 0 Å². The van der Waals surface area contributed by atoms with Crippen molar-refractivity contribution in [1.82, 2.24) is 0 Å². The fourth-order valence-electron chi connectivity index (χ4n) is 1.42. The summed E-state index contributed by atoms with van der Waals surface area (Å²) in [7, 11) is 0. The first-order chi connectivity index (χ1) is 7.72. The Labute approximate surface area is 98.2 Å². The van der Waals surface area contributed by atoms with Crippen molar-refractivity contribution in [3.05, 3.63) is 0 Å². The van der Waals surface area contributed by atoms with Crippen LogP contribution in [0.25, 0.3) is 0 Å². The minimum Gasteiger partial charge on any atom is -0.394 e. The molecule has 0 unspecified atom stereocenters. The maximum atomic E-state index is 9.26. The van der Waals surface area contributed by atoms with Gasteiger partial charge in [0.1, 0.15) is 12.2 Å². The van der Waals surface area contributed by atoms with Crippen molar-refractivity contribution < 1.29 is 20.1 Å². The average molecular weight is 234 g/mol. The van der Waals surface area contributed by atoms with Crippen LogP contribution in [0.3, 0.4) is 0 Å². The molecular formula is C12H26O4. The van der Waals surface area contributed by atoms with Crippen molar-refractivity contribution in [1.29, 1.82) is 0 Å². The van der Waals surface area contributed by atoms with E-state index in [1.165, 1.54) is 25.7 Å². The largest absolute Gasteiger partial charge is 0.394 e. The Morgan fingerprint density at radius 2 is 1.56 bits per heavy atom. The Kier molecular flexibility index (Phi) is 11.2. The molecule has 0 heterocycles. The van der Waals surface area contributed by atoms with Crippen LogP contribution in [-0.4, -0.2) is 47.3 Å². The van der Waals surface area contributed by atoms with E-state index < -0.39 is 18.8 Å². The zero-order chi connectivity index (χ0) is 12.2. The third-order valence-corrected chi connectivity index (χ3v) is 2.56. The van der Waals surface area contributed by atoms with E-state index in [1.54, 1.807) is 0 Å². The van der Waals surface area contributed by atoms with Crippen LogP contribution in [0.5, 0.6) is 0 Å². The van der Waals surface area contributed by atoms with Gasteiger partial charge in [-0.2, -0.15) is 0 Å². The van der Waals surface area contributed by atoms with Crippen LogP contribution in [0.4, 0.5) is 0 Å². The van der Waals surface area contributed by atoms with E-state index in [2.05, 4.69) is 6.92 Å². The molecule has 0 amide bonds. The highest BCUT2D eigenvalue weighted by Gasteiger charge is 2.14. The van der Waals surface area contributed by atoms with E-state index >= 15 is 0 Å². The molecule has 4 nitrogen and oxygen atoms in total. The quantitative estimate of drug-likeness (QED) is 0.468. The highest BCUT2D eigenvalue weighted by molar-refractivity contribution is 4.64. The van der Waals surface area contributed by atoms with Gasteiger partial charge in [0.15, 0.2) is 0 Å². The third-order valence-electron chi connectivity index (χ3n) is 2.56. The Morgan fingerprint density at radius 3 is 2.19 bits per heavy atom. The summed E-state index contributed by atoms with van der Waals surface area (Å²) in [6, 6.07) is 0. The van der Waals surface area contributed by atoms with Gasteiger partial charge in [-0.15, -0.1) is 0 Å². The van der Waals surface area contributed by atoms with Gasteiger partial charge in [-0.1, -0.05) is 39.0 Å². The topological polar surface area (TPSA) is 69.9 Å². The van der Waals surface area contributed by atoms with Crippen molar-refractivity contribution in [3.63, 3.8) is 0 Å². The van der Waals surface area contributed by atoms with Gasteiger partial charge in [0.25, 0.3) is 0 Å². The molecule has 0 aromatic heterocycles. The highest BCUT2D eigenvalue weighted by atomic mass is 16.5. The second kappa shape index (κ2) is 11.3. The maximum Gasteiger partial charge on any atom is 0.105 e. The molecule has 16 heavy (non-hydrogen) atoms. The summed E-state index contributed by atoms with van der Waals surface area (Å²) >= 11 is 0. The van der Waals surface area contributed by atoms with Crippen LogP contribution in [0.15, 0.2) is 0 Å². The standard InChI is InChI=1S/C12H26O4/c1-2-3-4-5-6-7-8-16-10-12(15)11(14)9-13/h11-15H,2-10H2,1H3/t11-,12+/m1/s1. The number of ether oxygens (including phenoxy) is 1. The zero-order valence-electron chi connectivity index (χ0n) is 10.3. The molecule has 0 aromatic rings. The second-order valence-electron chi connectivity index (χ2n) is 4.16. The predicted octanol–water partition coefficient (Wildman–Crippen LogP) is 1.08. The van der Waals surface area contributed by atoms with Gasteiger partial charge in [-0.05, 0) is 6.42 Å². The van der Waals surface area contributed by atoms with Gasteiger partial charge in [0, 0.05) is 6.61 Å². The lowest BCUT2D eigenvalue weighted by molar-refractivity contribution is -0.0571. The van der Waals surface area contributed by atoms with Crippen LogP contribution < -0.4 is 0 Å². The first kappa shape index (κ1) is 15.8. The summed E-state index contributed by atoms with van der Waals surface area (Å²) < 4.78 is 5.20. The normalized spacial score (nSPS) is 15.0. The van der Waals surface area contributed by atoms with Crippen LogP contribution in [0.1, 0.15) is 45.4 Å². The fraction of sp³-hybridized carbons (Fsp3) is 1.00. The minimum atomic E-state index is -1.09. The summed E-state index contributed by atoms with van der Waals surface area (Å²) in [4.78, 5) is 0. The lowest BCUT2D eigenvalue weighted by atomic mass is 10.1. The second-order valence-corrected chi connectivity index (χ2v) is 4.16. The van der Waals surface area contributed by atoms with Crippen LogP contribution in [0, 0.1) is 0 Å². The molecule has 0 fully saturated rings. The van der Waals surface area contributed by atoms with E-state index in [-0.39, 0.29) is 6.61 Å². The van der Waals surface area contributed by atoms with Crippen LogP contribution >= 0.6 is 0 Å². The summed E-state index contributed by atoms with van der Waals surface area (Å²) in [5.41, 5.74) is 0. The fourth-order valence-corrected chi connectivity index (χ4v) is 1.42. The van der Waals surface area contributed by atoms with Gasteiger partial charge in [0.2, 0.25) is 0 Å². The molecule has 2 atom stereocenters. The van der Waals surface area contributed by atoms with E-state index in [0.717, 1.165) is 12.8 Å². The van der Waals surface area contributed by atoms with Gasteiger partial charge in [-0.3, -0.25) is 0 Å². The SMILES string of the molecule is CCCCCCCCOC[C@H](O)[C@H](O)CO. The molecule has 0 rings (SSSR count). The molecule has 0 saturated carbocycles. The molecule has 0 saturated heterocycles. The number of aliphatic hydroxyl groups is 3. The minimum absolute atomic E-state index is 0.0939. The Morgan fingerprint density at radius 1 is 0.938 bits per heavy atom. The molecule has 0 radical (unpaired) electrons. The molecule has 0 aliphatic heterocycles. The number of aliphatic hydroxyl groups excluding tert-OH is 3. The summed E-state index contributed by atoms with van der Waals surface area (Å²) in [6.45, 7) is 2.47.